The van der Waals surface area contributed by atoms with Gasteiger partial charge in [0.15, 0.2) is 0 Å². The van der Waals surface area contributed by atoms with Gasteiger partial charge in [0.1, 0.15) is 17.8 Å². The number of nitrogens with zero attached hydrogens (tertiary/aromatic N) is 5. The summed E-state index contributed by atoms with van der Waals surface area (Å²) in [7, 11) is 0. The van der Waals surface area contributed by atoms with Crippen molar-refractivity contribution in [3.8, 4) is 6.07 Å². The van der Waals surface area contributed by atoms with Crippen molar-refractivity contribution in [3.63, 3.8) is 0 Å². The van der Waals surface area contributed by atoms with Crippen molar-refractivity contribution in [2.45, 2.75) is 30.3 Å². The highest BCUT2D eigenvalue weighted by atomic mass is 32.2. The van der Waals surface area contributed by atoms with Crippen LogP contribution >= 0.6 is 0 Å². The molecule has 2 aromatic heterocycles. The van der Waals surface area contributed by atoms with Crippen LogP contribution < -0.4 is 4.90 Å². The van der Waals surface area contributed by atoms with E-state index in [1.165, 1.54) is 0 Å². The predicted molar refractivity (Wildman–Crippen MR) is 108 cm³/mol. The Morgan fingerprint density at radius 2 is 2.03 bits per heavy atom. The zero-order chi connectivity index (χ0) is 20.0. The van der Waals surface area contributed by atoms with E-state index in [1.807, 2.05) is 12.3 Å². The van der Waals surface area contributed by atoms with Gasteiger partial charge in [-0.05, 0) is 47.7 Å². The molecular weight excluding hydrogens is 388 g/mol. The first kappa shape index (κ1) is 18.2. The summed E-state index contributed by atoms with van der Waals surface area (Å²) in [4.78, 5) is 16.2. The number of anilines is 1. The summed E-state index contributed by atoms with van der Waals surface area (Å²) in [5.74, 6) is 0.888. The molecule has 29 heavy (non-hydrogen) atoms. The molecule has 2 fully saturated rings. The number of hydrogen-bond acceptors (Lipinski definition) is 7. The number of benzene rings is 1. The smallest absolute Gasteiger partial charge is 0.142 e. The maximum Gasteiger partial charge on any atom is 0.142 e. The van der Waals surface area contributed by atoms with Crippen molar-refractivity contribution >= 4 is 27.9 Å². The first-order valence-electron chi connectivity index (χ1n) is 9.54. The van der Waals surface area contributed by atoms with Crippen LogP contribution in [0.15, 0.2) is 42.9 Å². The number of fused-ring (bicyclic) bond motifs is 3. The number of hydrogen-bond donors (Lipinski definition) is 1. The molecule has 2 bridgehead atoms. The Labute approximate surface area is 170 Å². The van der Waals surface area contributed by atoms with Crippen LogP contribution in [-0.4, -0.2) is 53.8 Å². The molecular formula is C20H19N6O2S-. The molecule has 1 aromatic carbocycles. The minimum absolute atomic E-state index is 0.103. The molecule has 2 saturated heterocycles. The fraction of sp³-hybridized carbons (Fsp3) is 0.350. The van der Waals surface area contributed by atoms with Gasteiger partial charge < -0.3 is 14.4 Å². The number of H-pyrrole nitrogens is 1. The minimum Gasteiger partial charge on any atom is -0.771 e. The van der Waals surface area contributed by atoms with E-state index in [0.29, 0.717) is 24.2 Å². The van der Waals surface area contributed by atoms with E-state index in [9.17, 15) is 14.0 Å². The highest BCUT2D eigenvalue weighted by molar-refractivity contribution is 7.79. The van der Waals surface area contributed by atoms with E-state index in [1.54, 1.807) is 30.6 Å². The molecule has 0 saturated carbocycles. The molecule has 4 heterocycles. The monoisotopic (exact) mass is 407 g/mol. The molecule has 2 aliphatic rings. The SMILES string of the molecule is N#Cc1cccc(C(N2C3CCC2CN(c2ncnc4[nH]ccc24)C3)S(=O)[O-])c1. The van der Waals surface area contributed by atoms with E-state index in [0.717, 1.165) is 29.7 Å². The van der Waals surface area contributed by atoms with Crippen LogP contribution in [-0.2, 0) is 11.1 Å². The Morgan fingerprint density at radius 3 is 2.76 bits per heavy atom. The van der Waals surface area contributed by atoms with Gasteiger partial charge in [0.2, 0.25) is 0 Å². The molecule has 9 heteroatoms. The summed E-state index contributed by atoms with van der Waals surface area (Å²) >= 11 is -2.32. The Kier molecular flexibility index (Phi) is 4.54. The van der Waals surface area contributed by atoms with Gasteiger partial charge in [-0.25, -0.2) is 9.97 Å². The van der Waals surface area contributed by atoms with Crippen molar-refractivity contribution in [2.24, 2.45) is 0 Å². The van der Waals surface area contributed by atoms with Crippen molar-refractivity contribution in [3.05, 3.63) is 54.0 Å². The van der Waals surface area contributed by atoms with Crippen LogP contribution in [0.3, 0.4) is 0 Å². The predicted octanol–water partition coefficient (Wildman–Crippen LogP) is 2.06. The lowest BCUT2D eigenvalue weighted by molar-refractivity contribution is 0.147. The van der Waals surface area contributed by atoms with E-state index >= 15 is 0 Å². The second kappa shape index (κ2) is 7.22. The summed E-state index contributed by atoms with van der Waals surface area (Å²) in [5, 5.41) is 9.43. The third-order valence-electron chi connectivity index (χ3n) is 5.93. The number of aromatic amines is 1. The first-order valence-corrected chi connectivity index (χ1v) is 10.7. The van der Waals surface area contributed by atoms with Gasteiger partial charge in [-0.3, -0.25) is 9.11 Å². The van der Waals surface area contributed by atoms with Crippen molar-refractivity contribution in [1.82, 2.24) is 19.9 Å². The Balaban J connectivity index is 1.47. The number of piperazine rings is 1. The maximum absolute atomic E-state index is 12.2. The Bertz CT molecular complexity index is 1110. The number of rotatable bonds is 4. The molecule has 4 unspecified atom stereocenters. The van der Waals surface area contributed by atoms with Gasteiger partial charge in [-0.2, -0.15) is 5.26 Å². The molecule has 4 atom stereocenters. The summed E-state index contributed by atoms with van der Waals surface area (Å²) < 4.78 is 24.5. The molecule has 148 valence electrons. The molecule has 1 N–H and O–H groups in total. The highest BCUT2D eigenvalue weighted by Gasteiger charge is 2.44. The first-order chi connectivity index (χ1) is 14.2. The fourth-order valence-electron chi connectivity index (χ4n) is 4.75. The van der Waals surface area contributed by atoms with Gasteiger partial charge in [0, 0.05) is 31.4 Å². The summed E-state index contributed by atoms with van der Waals surface area (Å²) in [6, 6.07) is 11.2. The second-order valence-electron chi connectivity index (χ2n) is 7.52. The average molecular weight is 407 g/mol. The van der Waals surface area contributed by atoms with Crippen molar-refractivity contribution in [2.75, 3.05) is 18.0 Å². The number of aromatic nitrogens is 3. The van der Waals surface area contributed by atoms with E-state index in [2.05, 4.69) is 30.8 Å². The molecule has 0 aliphatic carbocycles. The normalized spacial score (nSPS) is 23.8. The Hall–Kier alpha value is -2.80. The number of nitriles is 1. The van der Waals surface area contributed by atoms with Crippen molar-refractivity contribution < 1.29 is 8.76 Å². The van der Waals surface area contributed by atoms with Crippen LogP contribution in [0, 0.1) is 11.3 Å². The fourth-order valence-corrected chi connectivity index (χ4v) is 5.66. The lowest BCUT2D eigenvalue weighted by atomic mass is 10.1. The van der Waals surface area contributed by atoms with E-state index in [-0.39, 0.29) is 12.1 Å². The van der Waals surface area contributed by atoms with Crippen LogP contribution in [0.25, 0.3) is 11.0 Å². The summed E-state index contributed by atoms with van der Waals surface area (Å²) in [6.45, 7) is 1.42. The van der Waals surface area contributed by atoms with Crippen LogP contribution in [0.5, 0.6) is 0 Å². The molecule has 8 nitrogen and oxygen atoms in total. The van der Waals surface area contributed by atoms with Gasteiger partial charge >= 0.3 is 0 Å². The highest BCUT2D eigenvalue weighted by Crippen LogP contribution is 2.40. The van der Waals surface area contributed by atoms with Crippen LogP contribution in [0.2, 0.25) is 0 Å². The van der Waals surface area contributed by atoms with Crippen LogP contribution in [0.1, 0.15) is 29.3 Å². The third-order valence-corrected chi connectivity index (χ3v) is 6.81. The maximum atomic E-state index is 12.2. The lowest BCUT2D eigenvalue weighted by Crippen LogP contribution is -2.55. The molecule has 0 amide bonds. The largest absolute Gasteiger partial charge is 0.771 e. The van der Waals surface area contributed by atoms with Crippen molar-refractivity contribution in [1.29, 1.82) is 5.26 Å². The number of nitrogens with one attached hydrogen (secondary N) is 1. The molecule has 0 radical (unpaired) electrons. The van der Waals surface area contributed by atoms with Gasteiger partial charge in [0.05, 0.1) is 22.4 Å². The zero-order valence-electron chi connectivity index (χ0n) is 15.6. The van der Waals surface area contributed by atoms with E-state index < -0.39 is 16.5 Å². The minimum atomic E-state index is -2.32. The second-order valence-corrected chi connectivity index (χ2v) is 8.49. The average Bonchev–Trinajstić information content (AvgIpc) is 3.30. The summed E-state index contributed by atoms with van der Waals surface area (Å²) in [5.41, 5.74) is 1.93. The standard InChI is InChI=1S/C20H20N6O2S/c21-9-13-2-1-3-14(8-13)20(29(27)28)26-15-4-5-16(26)11-25(10-15)19-17-6-7-22-18(17)23-12-24-19/h1-3,6-8,12,15-16,20H,4-5,10-11H2,(H,27,28)(H,22,23,24)/p-1. The van der Waals surface area contributed by atoms with Gasteiger partial charge in [-0.1, -0.05) is 12.1 Å². The topological polar surface area (TPSA) is 112 Å². The summed E-state index contributed by atoms with van der Waals surface area (Å²) in [6.07, 6.45) is 5.29. The molecule has 5 rings (SSSR count). The quantitative estimate of drug-likeness (QED) is 0.659. The molecule has 3 aromatic rings. The Morgan fingerprint density at radius 1 is 1.24 bits per heavy atom. The zero-order valence-corrected chi connectivity index (χ0v) is 16.4. The van der Waals surface area contributed by atoms with E-state index in [4.69, 9.17) is 0 Å². The third kappa shape index (κ3) is 3.09. The lowest BCUT2D eigenvalue weighted by Gasteiger charge is -2.46. The molecule has 2 aliphatic heterocycles. The van der Waals surface area contributed by atoms with Gasteiger partial charge in [0.25, 0.3) is 0 Å². The van der Waals surface area contributed by atoms with Gasteiger partial charge in [-0.15, -0.1) is 0 Å². The van der Waals surface area contributed by atoms with Crippen LogP contribution in [0.4, 0.5) is 5.82 Å². The molecule has 0 spiro atoms.